The van der Waals surface area contributed by atoms with Crippen molar-refractivity contribution in [1.82, 2.24) is 0 Å². The van der Waals surface area contributed by atoms with Crippen LogP contribution in [0.4, 0.5) is 0 Å². The number of fused-ring (bicyclic) bond motifs is 2. The van der Waals surface area contributed by atoms with Gasteiger partial charge in [0, 0.05) is 11.0 Å². The zero-order chi connectivity index (χ0) is 25.0. The average molecular weight is 473 g/mol. The van der Waals surface area contributed by atoms with Gasteiger partial charge in [-0.05, 0) is 54.9 Å². The van der Waals surface area contributed by atoms with E-state index < -0.39 is 11.4 Å². The van der Waals surface area contributed by atoms with Crippen LogP contribution in [0.2, 0.25) is 0 Å². The first-order valence-corrected chi connectivity index (χ1v) is 11.1. The lowest BCUT2D eigenvalue weighted by molar-refractivity contribution is -0.144. The van der Waals surface area contributed by atoms with Crippen molar-refractivity contribution in [1.29, 1.82) is 0 Å². The highest BCUT2D eigenvalue weighted by Crippen LogP contribution is 2.50. The number of hydrogen-bond acceptors (Lipinski definition) is 7. The number of methoxy groups -OCH3 is 2. The van der Waals surface area contributed by atoms with Gasteiger partial charge in [0.1, 0.15) is 6.61 Å². The van der Waals surface area contributed by atoms with Gasteiger partial charge in [0.2, 0.25) is 11.7 Å². The van der Waals surface area contributed by atoms with Crippen LogP contribution in [0.3, 0.4) is 0 Å². The van der Waals surface area contributed by atoms with Gasteiger partial charge in [-0.25, -0.2) is 0 Å². The van der Waals surface area contributed by atoms with Gasteiger partial charge in [-0.1, -0.05) is 13.8 Å². The van der Waals surface area contributed by atoms with Crippen molar-refractivity contribution in [3.05, 3.63) is 22.8 Å². The number of benzene rings is 1. The summed E-state index contributed by atoms with van der Waals surface area (Å²) >= 11 is 0. The molecular weight excluding hydrogens is 440 g/mol. The number of nitrogens with zero attached hydrogens (tertiary/aromatic N) is 2. The molecule has 0 saturated heterocycles. The lowest BCUT2D eigenvalue weighted by Crippen LogP contribution is -2.31. The largest absolute Gasteiger partial charge is 0.492 e. The number of carboxylic acid groups (broad SMARTS) is 1. The Hall–Kier alpha value is -3.56. The zero-order valence-electron chi connectivity index (χ0n) is 20.1. The van der Waals surface area contributed by atoms with Gasteiger partial charge in [-0.3, -0.25) is 9.59 Å². The summed E-state index contributed by atoms with van der Waals surface area (Å²) < 4.78 is 17.3. The van der Waals surface area contributed by atoms with Gasteiger partial charge in [0.25, 0.3) is 0 Å². The molecule has 5 N–H and O–H groups in total. The average Bonchev–Trinajstić information content (AvgIpc) is 3.19. The smallest absolute Gasteiger partial charge is 0.304 e. The van der Waals surface area contributed by atoms with Crippen LogP contribution >= 0.6 is 0 Å². The number of ketones is 1. The molecule has 0 aliphatic heterocycles. The Morgan fingerprint density at radius 1 is 1.06 bits per heavy atom. The van der Waals surface area contributed by atoms with E-state index in [1.54, 1.807) is 21.0 Å². The van der Waals surface area contributed by atoms with E-state index in [0.717, 1.165) is 47.2 Å². The predicted molar refractivity (Wildman–Crippen MR) is 128 cm³/mol. The summed E-state index contributed by atoms with van der Waals surface area (Å²) in [6.07, 6.45) is 3.67. The SMILES string of the molecule is COc1c(OCC(=O)C(C)(C)CC(=O)O)cc2c(c1OC)C1=C(CCC1)C(=NN=C(N)N)CC2. The van der Waals surface area contributed by atoms with Crippen molar-refractivity contribution in [2.45, 2.75) is 52.4 Å². The Kier molecular flexibility index (Phi) is 7.48. The van der Waals surface area contributed by atoms with E-state index in [2.05, 4.69) is 10.2 Å². The number of guanidine groups is 1. The van der Waals surface area contributed by atoms with Crippen LogP contribution in [0.1, 0.15) is 57.1 Å². The van der Waals surface area contributed by atoms with Gasteiger partial charge in [-0.15, -0.1) is 5.10 Å². The fraction of sp³-hybridized carbons (Fsp3) is 0.500. The molecule has 0 radical (unpaired) electrons. The summed E-state index contributed by atoms with van der Waals surface area (Å²) in [4.78, 5) is 23.8. The minimum Gasteiger partial charge on any atom is -0.492 e. The second-order valence-corrected chi connectivity index (χ2v) is 9.02. The van der Waals surface area contributed by atoms with E-state index in [1.807, 2.05) is 6.07 Å². The van der Waals surface area contributed by atoms with Gasteiger partial charge >= 0.3 is 5.97 Å². The summed E-state index contributed by atoms with van der Waals surface area (Å²) in [5.74, 6) is -0.180. The van der Waals surface area contributed by atoms with Crippen molar-refractivity contribution in [3.8, 4) is 17.2 Å². The maximum Gasteiger partial charge on any atom is 0.304 e. The molecule has 10 heteroatoms. The zero-order valence-corrected chi connectivity index (χ0v) is 20.1. The van der Waals surface area contributed by atoms with Crippen LogP contribution < -0.4 is 25.7 Å². The number of carbonyl (C=O) groups excluding carboxylic acids is 1. The maximum absolute atomic E-state index is 12.7. The van der Waals surface area contributed by atoms with Crippen LogP contribution in [0, 0.1) is 5.41 Å². The molecule has 10 nitrogen and oxygen atoms in total. The van der Waals surface area contributed by atoms with Crippen LogP contribution in [0.25, 0.3) is 5.57 Å². The Morgan fingerprint density at radius 2 is 1.74 bits per heavy atom. The summed E-state index contributed by atoms with van der Waals surface area (Å²) in [7, 11) is 3.08. The third-order valence-electron chi connectivity index (χ3n) is 6.18. The van der Waals surface area contributed by atoms with Crippen LogP contribution in [0.15, 0.2) is 21.8 Å². The van der Waals surface area contributed by atoms with E-state index in [9.17, 15) is 9.59 Å². The molecule has 0 amide bonds. The maximum atomic E-state index is 12.7. The number of ether oxygens (including phenoxy) is 3. The van der Waals surface area contributed by atoms with E-state index in [4.69, 9.17) is 30.8 Å². The quantitative estimate of drug-likeness (QED) is 0.281. The van der Waals surface area contributed by atoms with Crippen LogP contribution in [0.5, 0.6) is 17.2 Å². The monoisotopic (exact) mass is 472 g/mol. The molecule has 2 aliphatic carbocycles. The topological polar surface area (TPSA) is 159 Å². The van der Waals surface area contributed by atoms with Gasteiger partial charge in [0.05, 0.1) is 26.4 Å². The van der Waals surface area contributed by atoms with Gasteiger partial charge in [-0.2, -0.15) is 5.10 Å². The highest BCUT2D eigenvalue weighted by Gasteiger charge is 2.33. The lowest BCUT2D eigenvalue weighted by atomic mass is 9.85. The Morgan fingerprint density at radius 3 is 2.35 bits per heavy atom. The highest BCUT2D eigenvalue weighted by atomic mass is 16.5. The van der Waals surface area contributed by atoms with Crippen molar-refractivity contribution >= 4 is 29.0 Å². The number of allylic oxidation sites excluding steroid dienone is 2. The number of rotatable bonds is 9. The fourth-order valence-corrected chi connectivity index (χ4v) is 4.48. The molecule has 0 saturated carbocycles. The molecule has 0 bridgehead atoms. The van der Waals surface area contributed by atoms with E-state index in [0.29, 0.717) is 30.1 Å². The third-order valence-corrected chi connectivity index (χ3v) is 6.18. The van der Waals surface area contributed by atoms with E-state index >= 15 is 0 Å². The molecule has 184 valence electrons. The number of aliphatic carboxylic acids is 1. The number of hydrogen-bond donors (Lipinski definition) is 3. The number of Topliss-reactive ketones (excluding diaryl/α,β-unsaturated/α-hetero) is 1. The van der Waals surface area contributed by atoms with Crippen molar-refractivity contribution in [2.24, 2.45) is 27.1 Å². The second kappa shape index (κ2) is 10.1. The standard InChI is InChI=1S/C24H32N4O6/c1-24(2,11-19(30)31)18(29)12-34-17-10-13-8-9-16(27-28-23(25)26)14-6-5-7-15(14)20(13)22(33-4)21(17)32-3/h10H,5-9,11-12H2,1-4H3,(H,30,31)(H4,25,26,28). The Labute approximate surface area is 198 Å². The van der Waals surface area contributed by atoms with Crippen LogP contribution in [-0.2, 0) is 16.0 Å². The van der Waals surface area contributed by atoms with Crippen molar-refractivity contribution in [3.63, 3.8) is 0 Å². The third kappa shape index (κ3) is 5.16. The summed E-state index contributed by atoms with van der Waals surface area (Å²) in [5.41, 5.74) is 14.9. The van der Waals surface area contributed by atoms with E-state index in [-0.39, 0.29) is 24.8 Å². The number of carbonyl (C=O) groups is 2. The molecule has 1 aromatic carbocycles. The molecule has 3 rings (SSSR count). The molecule has 0 unspecified atom stereocenters. The number of nitrogens with two attached hydrogens (primary N) is 2. The first kappa shape index (κ1) is 25.1. The summed E-state index contributed by atoms with van der Waals surface area (Å²) in [6, 6.07) is 1.86. The molecule has 0 fully saturated rings. The lowest BCUT2D eigenvalue weighted by Gasteiger charge is -2.23. The Bertz CT molecular complexity index is 1080. The number of carboxylic acids is 1. The number of aryl methyl sites for hydroxylation is 1. The molecule has 34 heavy (non-hydrogen) atoms. The second-order valence-electron chi connectivity index (χ2n) is 9.02. The van der Waals surface area contributed by atoms with Gasteiger partial charge < -0.3 is 30.8 Å². The highest BCUT2D eigenvalue weighted by molar-refractivity contribution is 6.09. The van der Waals surface area contributed by atoms with Crippen LogP contribution in [-0.4, -0.2) is 49.4 Å². The first-order chi connectivity index (χ1) is 16.1. The van der Waals surface area contributed by atoms with E-state index in [1.165, 1.54) is 7.11 Å². The molecular formula is C24H32N4O6. The molecule has 0 spiro atoms. The van der Waals surface area contributed by atoms with Crippen molar-refractivity contribution in [2.75, 3.05) is 20.8 Å². The first-order valence-electron chi connectivity index (χ1n) is 11.1. The molecule has 0 heterocycles. The summed E-state index contributed by atoms with van der Waals surface area (Å²) in [5, 5.41) is 17.3. The van der Waals surface area contributed by atoms with Crippen molar-refractivity contribution < 1.29 is 28.9 Å². The minimum atomic E-state index is -1.06. The summed E-state index contributed by atoms with van der Waals surface area (Å²) in [6.45, 7) is 2.89. The predicted octanol–water partition coefficient (Wildman–Crippen LogP) is 2.67. The molecule has 1 aromatic rings. The molecule has 0 atom stereocenters. The fourth-order valence-electron chi connectivity index (χ4n) is 4.48. The normalized spacial score (nSPS) is 16.4. The molecule has 0 aromatic heterocycles. The minimum absolute atomic E-state index is 0.0974. The Balaban J connectivity index is 2.02. The molecule has 2 aliphatic rings. The van der Waals surface area contributed by atoms with Gasteiger partial charge in [0.15, 0.2) is 17.3 Å².